The maximum atomic E-state index is 15.7. The predicted molar refractivity (Wildman–Crippen MR) is 138 cm³/mol. The third-order valence-corrected chi connectivity index (χ3v) is 6.03. The molecule has 0 spiro atoms. The molecule has 0 aliphatic carbocycles. The number of fused-ring (bicyclic) bond motifs is 1. The molecule has 0 aliphatic heterocycles. The van der Waals surface area contributed by atoms with Gasteiger partial charge in [-0.15, -0.1) is 0 Å². The predicted octanol–water partition coefficient (Wildman–Crippen LogP) is 5.07. The van der Waals surface area contributed by atoms with Crippen LogP contribution in [0.25, 0.3) is 22.3 Å². The highest BCUT2D eigenvalue weighted by atomic mass is 19.1. The summed E-state index contributed by atoms with van der Waals surface area (Å²) in [4.78, 5) is 15.1. The minimum absolute atomic E-state index is 0.0323. The van der Waals surface area contributed by atoms with Gasteiger partial charge in [0.05, 0.1) is 57.0 Å². The van der Waals surface area contributed by atoms with Crippen LogP contribution in [0.1, 0.15) is 5.69 Å². The van der Waals surface area contributed by atoms with Crippen molar-refractivity contribution in [2.45, 2.75) is 6.54 Å². The summed E-state index contributed by atoms with van der Waals surface area (Å²) in [5.74, 6) is -1.66. The van der Waals surface area contributed by atoms with Crippen LogP contribution < -0.4 is 19.1 Å². The Morgan fingerprint density at radius 2 is 1.61 bits per heavy atom. The van der Waals surface area contributed by atoms with Gasteiger partial charge < -0.3 is 19.1 Å². The van der Waals surface area contributed by atoms with Gasteiger partial charge in [0.1, 0.15) is 17.1 Å². The van der Waals surface area contributed by atoms with Gasteiger partial charge in [-0.25, -0.2) is 13.8 Å². The van der Waals surface area contributed by atoms with E-state index in [1.54, 1.807) is 53.6 Å². The number of anilines is 2. The van der Waals surface area contributed by atoms with E-state index in [1.165, 1.54) is 32.3 Å². The molecular formula is C27H24F2N6O3. The Bertz CT molecular complexity index is 1600. The van der Waals surface area contributed by atoms with Gasteiger partial charge in [-0.2, -0.15) is 5.10 Å². The van der Waals surface area contributed by atoms with Gasteiger partial charge in [0.25, 0.3) is 0 Å². The maximum absolute atomic E-state index is 15.7. The zero-order valence-corrected chi connectivity index (χ0v) is 21.1. The normalized spacial score (nSPS) is 11.0. The lowest BCUT2D eigenvalue weighted by atomic mass is 10.1. The van der Waals surface area contributed by atoms with Crippen molar-refractivity contribution in [2.24, 2.45) is 7.05 Å². The molecule has 2 aromatic carbocycles. The SMILES string of the molecule is COc1cccnc1CN(c1ccc2ncc(-c3cnn(C)c3)nc2c1)c1c(F)c(OC)cc(OC)c1F. The Morgan fingerprint density at radius 3 is 2.26 bits per heavy atom. The smallest absolute Gasteiger partial charge is 0.191 e. The highest BCUT2D eigenvalue weighted by molar-refractivity contribution is 5.83. The second-order valence-corrected chi connectivity index (χ2v) is 8.33. The van der Waals surface area contributed by atoms with Gasteiger partial charge in [0.2, 0.25) is 0 Å². The van der Waals surface area contributed by atoms with Crippen molar-refractivity contribution in [3.05, 3.63) is 78.5 Å². The van der Waals surface area contributed by atoms with Gasteiger partial charge >= 0.3 is 0 Å². The van der Waals surface area contributed by atoms with E-state index in [-0.39, 0.29) is 23.7 Å². The molecule has 0 amide bonds. The highest BCUT2D eigenvalue weighted by Crippen LogP contribution is 2.41. The molecule has 0 N–H and O–H groups in total. The van der Waals surface area contributed by atoms with E-state index in [4.69, 9.17) is 19.2 Å². The van der Waals surface area contributed by atoms with Crippen molar-refractivity contribution in [1.29, 1.82) is 0 Å². The van der Waals surface area contributed by atoms with E-state index < -0.39 is 11.6 Å². The van der Waals surface area contributed by atoms with Crippen LogP contribution in [0.5, 0.6) is 17.2 Å². The van der Waals surface area contributed by atoms with Crippen molar-refractivity contribution in [3.63, 3.8) is 0 Å². The van der Waals surface area contributed by atoms with Crippen LogP contribution in [0.4, 0.5) is 20.2 Å². The zero-order chi connectivity index (χ0) is 26.8. The molecule has 0 atom stereocenters. The summed E-state index contributed by atoms with van der Waals surface area (Å²) in [6, 6.07) is 9.77. The summed E-state index contributed by atoms with van der Waals surface area (Å²) in [7, 11) is 5.92. The first-order chi connectivity index (χ1) is 18.4. The number of rotatable bonds is 8. The molecule has 0 saturated heterocycles. The summed E-state index contributed by atoms with van der Waals surface area (Å²) < 4.78 is 48.9. The number of aryl methyl sites for hydroxylation is 1. The molecule has 9 nitrogen and oxygen atoms in total. The van der Waals surface area contributed by atoms with E-state index in [2.05, 4.69) is 15.1 Å². The van der Waals surface area contributed by atoms with Gasteiger partial charge in [0, 0.05) is 36.8 Å². The largest absolute Gasteiger partial charge is 0.495 e. The lowest BCUT2D eigenvalue weighted by Gasteiger charge is -2.27. The molecule has 0 bridgehead atoms. The summed E-state index contributed by atoms with van der Waals surface area (Å²) in [6.45, 7) is -0.0323. The summed E-state index contributed by atoms with van der Waals surface area (Å²) in [6.07, 6.45) is 6.75. The summed E-state index contributed by atoms with van der Waals surface area (Å²) in [5, 5.41) is 4.19. The lowest BCUT2D eigenvalue weighted by molar-refractivity contribution is 0.358. The number of methoxy groups -OCH3 is 3. The number of hydrogen-bond acceptors (Lipinski definition) is 8. The minimum Gasteiger partial charge on any atom is -0.495 e. The Labute approximate surface area is 217 Å². The molecule has 38 heavy (non-hydrogen) atoms. The van der Waals surface area contributed by atoms with Crippen LogP contribution in [0.15, 0.2) is 61.2 Å². The van der Waals surface area contributed by atoms with E-state index in [0.29, 0.717) is 33.9 Å². The average molecular weight is 519 g/mol. The molecule has 0 unspecified atom stereocenters. The number of halogens is 2. The van der Waals surface area contributed by atoms with Gasteiger partial charge in [-0.3, -0.25) is 14.6 Å². The van der Waals surface area contributed by atoms with E-state index in [1.807, 2.05) is 13.2 Å². The van der Waals surface area contributed by atoms with Gasteiger partial charge in [-0.1, -0.05) is 0 Å². The molecule has 5 aromatic rings. The van der Waals surface area contributed by atoms with Gasteiger partial charge in [0.15, 0.2) is 23.1 Å². The molecule has 0 aliphatic rings. The van der Waals surface area contributed by atoms with Crippen molar-refractivity contribution >= 4 is 22.4 Å². The first-order valence-corrected chi connectivity index (χ1v) is 11.5. The highest BCUT2D eigenvalue weighted by Gasteiger charge is 2.27. The molecule has 11 heteroatoms. The van der Waals surface area contributed by atoms with Crippen LogP contribution in [0.3, 0.4) is 0 Å². The fourth-order valence-corrected chi connectivity index (χ4v) is 4.15. The quantitative estimate of drug-likeness (QED) is 0.282. The Morgan fingerprint density at radius 1 is 0.868 bits per heavy atom. The maximum Gasteiger partial charge on any atom is 0.191 e. The van der Waals surface area contributed by atoms with E-state index in [0.717, 1.165) is 5.56 Å². The van der Waals surface area contributed by atoms with Crippen LogP contribution in [-0.2, 0) is 13.6 Å². The van der Waals surface area contributed by atoms with E-state index in [9.17, 15) is 0 Å². The average Bonchev–Trinajstić information content (AvgIpc) is 3.38. The first-order valence-electron chi connectivity index (χ1n) is 11.5. The fourth-order valence-electron chi connectivity index (χ4n) is 4.15. The molecule has 3 heterocycles. The number of nitrogens with zero attached hydrogens (tertiary/aromatic N) is 6. The van der Waals surface area contributed by atoms with Crippen LogP contribution in [0, 0.1) is 11.6 Å². The molecule has 3 aromatic heterocycles. The zero-order valence-electron chi connectivity index (χ0n) is 21.1. The Hall–Kier alpha value is -4.80. The van der Waals surface area contributed by atoms with Crippen LogP contribution in [-0.4, -0.2) is 46.1 Å². The number of benzene rings is 2. The van der Waals surface area contributed by atoms with Crippen LogP contribution in [0.2, 0.25) is 0 Å². The standard InChI is InChI=1S/C27H24F2N6O3/c1-34-14-16(12-32-34)20-13-31-18-8-7-17(10-19(18)33-20)35(15-21-22(36-2)6-5-9-30-21)27-25(28)23(37-3)11-24(38-4)26(27)29/h5-14H,15H2,1-4H3. The summed E-state index contributed by atoms with van der Waals surface area (Å²) in [5.41, 5.74) is 3.07. The van der Waals surface area contributed by atoms with Gasteiger partial charge in [-0.05, 0) is 30.3 Å². The fraction of sp³-hybridized carbons (Fsp3) is 0.185. The topological polar surface area (TPSA) is 87.4 Å². The van der Waals surface area contributed by atoms with E-state index >= 15 is 8.78 Å². The van der Waals surface area contributed by atoms with Crippen molar-refractivity contribution < 1.29 is 23.0 Å². The molecule has 0 radical (unpaired) electrons. The Kier molecular flexibility index (Phi) is 6.73. The molecule has 0 fully saturated rings. The number of aromatic nitrogens is 5. The second kappa shape index (κ2) is 10.3. The lowest BCUT2D eigenvalue weighted by Crippen LogP contribution is -2.21. The molecule has 194 valence electrons. The van der Waals surface area contributed by atoms with Crippen LogP contribution >= 0.6 is 0 Å². The monoisotopic (exact) mass is 518 g/mol. The molecule has 5 rings (SSSR count). The second-order valence-electron chi connectivity index (χ2n) is 8.33. The number of hydrogen-bond donors (Lipinski definition) is 0. The van der Waals surface area contributed by atoms with Crippen molar-refractivity contribution in [3.8, 4) is 28.5 Å². The molecule has 0 saturated carbocycles. The summed E-state index contributed by atoms with van der Waals surface area (Å²) >= 11 is 0. The van der Waals surface area contributed by atoms with Crippen molar-refractivity contribution in [2.75, 3.05) is 26.2 Å². The Balaban J connectivity index is 1.71. The minimum atomic E-state index is -0.893. The number of pyridine rings is 1. The van der Waals surface area contributed by atoms with Crippen molar-refractivity contribution in [1.82, 2.24) is 24.7 Å². The third-order valence-electron chi connectivity index (χ3n) is 6.03. The molecular weight excluding hydrogens is 494 g/mol. The third kappa shape index (κ3) is 4.54. The first kappa shape index (κ1) is 24.9. The number of ether oxygens (including phenoxy) is 3.